The number of hydrogen-bond acceptors (Lipinski definition) is 9. The fourth-order valence-electron chi connectivity index (χ4n) is 6.87. The quantitative estimate of drug-likeness (QED) is 0.425. The van der Waals surface area contributed by atoms with Crippen molar-refractivity contribution >= 4 is 17.8 Å². The van der Waals surface area contributed by atoms with E-state index >= 15 is 0 Å². The molecular formula is C24H35NO10. The van der Waals surface area contributed by atoms with Gasteiger partial charge in [0.1, 0.15) is 6.04 Å². The van der Waals surface area contributed by atoms with Crippen molar-refractivity contribution in [3.8, 4) is 0 Å². The highest BCUT2D eigenvalue weighted by Crippen LogP contribution is 2.60. The van der Waals surface area contributed by atoms with E-state index in [-0.39, 0.29) is 43.6 Å². The third-order valence-corrected chi connectivity index (χ3v) is 8.77. The van der Waals surface area contributed by atoms with Gasteiger partial charge in [-0.15, -0.1) is 0 Å². The number of carbonyl (C=O) groups is 3. The molecule has 5 heterocycles. The van der Waals surface area contributed by atoms with E-state index in [2.05, 4.69) is 6.92 Å². The standard InChI is InChI=1S/C24H35NO10/c1-12-4-5-16-13(2)21(32-22-24(16)15(12)8-9-23(3,33-22)34-35-24)31-19(28)7-6-18(27)25-11-14(26)10-17(25)20(29)30/h12-17,21-22,26H,4-11H2,1-3H3,(H,29,30)/t12-,13-,14-,15+,16+,17+,21-,22-,23+,24-/m1/s1. The molecule has 0 aromatic rings. The normalized spacial score (nSPS) is 46.6. The molecule has 5 aliphatic heterocycles. The average Bonchev–Trinajstić information content (AvgIpc) is 3.06. The summed E-state index contributed by atoms with van der Waals surface area (Å²) in [6.45, 7) is 5.96. The Labute approximate surface area is 203 Å². The van der Waals surface area contributed by atoms with Crippen molar-refractivity contribution in [2.45, 2.75) is 102 Å². The summed E-state index contributed by atoms with van der Waals surface area (Å²) in [5, 5.41) is 19.1. The molecule has 0 radical (unpaired) electrons. The minimum Gasteiger partial charge on any atom is -0.480 e. The van der Waals surface area contributed by atoms with E-state index in [0.717, 1.165) is 24.2 Å². The molecule has 2 N–H and O–H groups in total. The first-order valence-electron chi connectivity index (χ1n) is 12.6. The third kappa shape index (κ3) is 4.15. The summed E-state index contributed by atoms with van der Waals surface area (Å²) in [7, 11) is 0. The number of β-amino-alcohol motifs (C(OH)–C–C–N with tert-alkyl or cyclic N) is 1. The van der Waals surface area contributed by atoms with Crippen molar-refractivity contribution in [3.05, 3.63) is 0 Å². The van der Waals surface area contributed by atoms with Crippen molar-refractivity contribution < 1.29 is 48.6 Å². The number of amides is 1. The highest BCUT2D eigenvalue weighted by atomic mass is 17.3. The zero-order chi connectivity index (χ0) is 25.1. The van der Waals surface area contributed by atoms with E-state index in [9.17, 15) is 24.6 Å². The van der Waals surface area contributed by atoms with Crippen molar-refractivity contribution in [3.63, 3.8) is 0 Å². The minimum atomic E-state index is -1.17. The van der Waals surface area contributed by atoms with E-state index in [1.54, 1.807) is 0 Å². The number of aliphatic hydroxyl groups is 1. The maximum Gasteiger partial charge on any atom is 0.326 e. The molecule has 10 atom stereocenters. The van der Waals surface area contributed by atoms with Gasteiger partial charge in [-0.2, -0.15) is 0 Å². The van der Waals surface area contributed by atoms with Gasteiger partial charge >= 0.3 is 11.9 Å². The smallest absolute Gasteiger partial charge is 0.326 e. The monoisotopic (exact) mass is 497 g/mol. The number of hydrogen-bond donors (Lipinski definition) is 2. The molecule has 6 rings (SSSR count). The number of ether oxygens (including phenoxy) is 3. The van der Waals surface area contributed by atoms with Crippen molar-refractivity contribution in [1.82, 2.24) is 4.90 Å². The molecule has 1 spiro atoms. The van der Waals surface area contributed by atoms with Crippen LogP contribution in [0.15, 0.2) is 0 Å². The molecule has 6 aliphatic rings. The number of nitrogens with zero attached hydrogens (tertiary/aromatic N) is 1. The van der Waals surface area contributed by atoms with Gasteiger partial charge in [-0.25, -0.2) is 14.6 Å². The topological polar surface area (TPSA) is 141 Å². The number of carbonyl (C=O) groups excluding carboxylic acids is 2. The van der Waals surface area contributed by atoms with Gasteiger partial charge in [0, 0.05) is 37.6 Å². The molecule has 2 bridgehead atoms. The number of carboxylic acid groups (broad SMARTS) is 1. The Bertz CT molecular complexity index is 882. The van der Waals surface area contributed by atoms with E-state index in [4.69, 9.17) is 24.0 Å². The van der Waals surface area contributed by atoms with E-state index < -0.39 is 54.0 Å². The van der Waals surface area contributed by atoms with Crippen LogP contribution in [0, 0.1) is 23.7 Å². The summed E-state index contributed by atoms with van der Waals surface area (Å²) in [4.78, 5) is 49.6. The highest BCUT2D eigenvalue weighted by Gasteiger charge is 2.69. The molecule has 1 aliphatic carbocycles. The molecule has 1 amide bonds. The molecular weight excluding hydrogens is 462 g/mol. The van der Waals surface area contributed by atoms with Gasteiger partial charge in [-0.05, 0) is 38.0 Å². The lowest BCUT2D eigenvalue weighted by Crippen LogP contribution is -2.70. The fraction of sp³-hybridized carbons (Fsp3) is 0.875. The summed E-state index contributed by atoms with van der Waals surface area (Å²) in [5.74, 6) is -2.78. The van der Waals surface area contributed by atoms with Crippen LogP contribution in [-0.4, -0.2) is 75.6 Å². The van der Waals surface area contributed by atoms with Crippen LogP contribution in [0.3, 0.4) is 0 Å². The number of carboxylic acids is 1. The molecule has 0 aromatic heterocycles. The van der Waals surface area contributed by atoms with Crippen molar-refractivity contribution in [1.29, 1.82) is 0 Å². The van der Waals surface area contributed by atoms with Gasteiger partial charge in [0.2, 0.25) is 18.0 Å². The molecule has 0 unspecified atom stereocenters. The zero-order valence-electron chi connectivity index (χ0n) is 20.4. The van der Waals surface area contributed by atoms with Crippen LogP contribution in [0.1, 0.15) is 65.7 Å². The third-order valence-electron chi connectivity index (χ3n) is 8.77. The Morgan fingerprint density at radius 3 is 2.60 bits per heavy atom. The van der Waals surface area contributed by atoms with Crippen LogP contribution >= 0.6 is 0 Å². The predicted octanol–water partition coefficient (Wildman–Crippen LogP) is 1.56. The molecule has 196 valence electrons. The van der Waals surface area contributed by atoms with Crippen LogP contribution < -0.4 is 0 Å². The van der Waals surface area contributed by atoms with Gasteiger partial charge in [0.05, 0.1) is 12.5 Å². The summed E-state index contributed by atoms with van der Waals surface area (Å²) in [6, 6.07) is -1.08. The van der Waals surface area contributed by atoms with Crippen molar-refractivity contribution in [2.24, 2.45) is 23.7 Å². The summed E-state index contributed by atoms with van der Waals surface area (Å²) < 4.78 is 18.2. The molecule has 6 fully saturated rings. The van der Waals surface area contributed by atoms with Crippen molar-refractivity contribution in [2.75, 3.05) is 6.54 Å². The SMILES string of the molecule is C[C@H]1[C@H](OC(=O)CCC(=O)N2C[C@H](O)C[C@H]2C(=O)O)O[C@@H]2O[C@]3(C)CC[C@H]4[C@H](C)CC[C@@H]1[C@@]24OO3. The molecule has 11 nitrogen and oxygen atoms in total. The van der Waals surface area contributed by atoms with Gasteiger partial charge < -0.3 is 29.3 Å². The Morgan fingerprint density at radius 1 is 1.09 bits per heavy atom. The number of rotatable bonds is 5. The molecule has 11 heteroatoms. The second-order valence-electron chi connectivity index (χ2n) is 11.1. The fourth-order valence-corrected chi connectivity index (χ4v) is 6.87. The van der Waals surface area contributed by atoms with Crippen LogP contribution in [-0.2, 0) is 38.4 Å². The second kappa shape index (κ2) is 8.95. The molecule has 5 saturated heterocycles. The Kier molecular flexibility index (Phi) is 6.36. The van der Waals surface area contributed by atoms with E-state index in [1.807, 2.05) is 13.8 Å². The minimum absolute atomic E-state index is 0.00643. The summed E-state index contributed by atoms with van der Waals surface area (Å²) in [5.41, 5.74) is -0.756. The van der Waals surface area contributed by atoms with Crippen LogP contribution in [0.4, 0.5) is 0 Å². The van der Waals surface area contributed by atoms with Gasteiger partial charge in [0.15, 0.2) is 11.9 Å². The number of likely N-dealkylation sites (tertiary alicyclic amines) is 1. The lowest BCUT2D eigenvalue weighted by molar-refractivity contribution is -0.576. The van der Waals surface area contributed by atoms with E-state index in [1.165, 1.54) is 0 Å². The maximum absolute atomic E-state index is 12.7. The molecule has 0 aromatic carbocycles. The number of aliphatic carboxylic acids is 1. The van der Waals surface area contributed by atoms with Gasteiger partial charge in [0.25, 0.3) is 0 Å². The van der Waals surface area contributed by atoms with Crippen LogP contribution in [0.5, 0.6) is 0 Å². The first-order chi connectivity index (χ1) is 16.5. The zero-order valence-corrected chi connectivity index (χ0v) is 20.4. The summed E-state index contributed by atoms with van der Waals surface area (Å²) >= 11 is 0. The number of aliphatic hydroxyl groups excluding tert-OH is 1. The summed E-state index contributed by atoms with van der Waals surface area (Å²) in [6.07, 6.45) is 0.530. The van der Waals surface area contributed by atoms with Gasteiger partial charge in [-0.1, -0.05) is 13.8 Å². The number of fused-ring (bicyclic) bond motifs is 2. The highest BCUT2D eigenvalue weighted by molar-refractivity contribution is 5.86. The Hall–Kier alpha value is -1.79. The lowest BCUT2D eigenvalue weighted by Gasteiger charge is -2.59. The Balaban J connectivity index is 1.24. The first kappa shape index (κ1) is 24.9. The average molecular weight is 498 g/mol. The Morgan fingerprint density at radius 2 is 1.86 bits per heavy atom. The maximum atomic E-state index is 12.7. The lowest BCUT2D eigenvalue weighted by atomic mass is 9.58. The van der Waals surface area contributed by atoms with Gasteiger partial charge in [-0.3, -0.25) is 9.59 Å². The number of esters is 1. The van der Waals surface area contributed by atoms with Crippen LogP contribution in [0.2, 0.25) is 0 Å². The first-order valence-corrected chi connectivity index (χ1v) is 12.6. The van der Waals surface area contributed by atoms with E-state index in [0.29, 0.717) is 12.3 Å². The molecule has 35 heavy (non-hydrogen) atoms. The predicted molar refractivity (Wildman–Crippen MR) is 116 cm³/mol. The largest absolute Gasteiger partial charge is 0.480 e. The second-order valence-corrected chi connectivity index (χ2v) is 11.1. The van der Waals surface area contributed by atoms with Crippen LogP contribution in [0.25, 0.3) is 0 Å². The molecule has 1 saturated carbocycles.